The average molecular weight is 321 g/mol. The van der Waals surface area contributed by atoms with E-state index in [1.54, 1.807) is 7.11 Å². The fourth-order valence-electron chi connectivity index (χ4n) is 3.21. The third-order valence-corrected chi connectivity index (χ3v) is 4.51. The molecule has 1 aliphatic rings. The van der Waals surface area contributed by atoms with Crippen molar-refractivity contribution in [3.63, 3.8) is 0 Å². The highest BCUT2D eigenvalue weighted by molar-refractivity contribution is 5.83. The van der Waals surface area contributed by atoms with Crippen molar-refractivity contribution in [1.29, 1.82) is 0 Å². The quantitative estimate of drug-likeness (QED) is 0.805. The Kier molecular flexibility index (Phi) is 3.69. The number of hydrogen-bond acceptors (Lipinski definition) is 4. The molecule has 122 valence electrons. The van der Waals surface area contributed by atoms with Gasteiger partial charge < -0.3 is 14.6 Å². The van der Waals surface area contributed by atoms with Crippen molar-refractivity contribution in [2.45, 2.75) is 12.8 Å². The molecular formula is C19H19N3O2. The zero-order valence-corrected chi connectivity index (χ0v) is 13.6. The minimum atomic E-state index is -0.206. The number of fused-ring (bicyclic) bond motifs is 1. The molecular weight excluding hydrogens is 302 g/mol. The van der Waals surface area contributed by atoms with E-state index in [4.69, 9.17) is 4.74 Å². The molecule has 0 unspecified atom stereocenters. The summed E-state index contributed by atoms with van der Waals surface area (Å²) in [6.07, 6.45) is 2.42. The second-order valence-electron chi connectivity index (χ2n) is 6.05. The number of nitrogens with one attached hydrogen (secondary N) is 1. The number of H-pyrrole nitrogens is 1. The summed E-state index contributed by atoms with van der Waals surface area (Å²) in [7, 11) is 1.62. The molecule has 1 saturated heterocycles. The number of anilines is 1. The highest BCUT2D eigenvalue weighted by Gasteiger charge is 2.14. The van der Waals surface area contributed by atoms with Gasteiger partial charge in [0.05, 0.1) is 18.0 Å². The van der Waals surface area contributed by atoms with E-state index >= 15 is 0 Å². The van der Waals surface area contributed by atoms with Crippen molar-refractivity contribution in [1.82, 2.24) is 9.97 Å². The summed E-state index contributed by atoms with van der Waals surface area (Å²) >= 11 is 0. The van der Waals surface area contributed by atoms with Crippen LogP contribution in [0.4, 0.5) is 5.69 Å². The predicted molar refractivity (Wildman–Crippen MR) is 95.8 cm³/mol. The van der Waals surface area contributed by atoms with Crippen LogP contribution in [0.15, 0.2) is 47.3 Å². The molecule has 1 N–H and O–H groups in total. The molecule has 0 aliphatic carbocycles. The van der Waals surface area contributed by atoms with Gasteiger partial charge in [0, 0.05) is 24.3 Å². The summed E-state index contributed by atoms with van der Waals surface area (Å²) in [5.41, 5.74) is 2.52. The topological polar surface area (TPSA) is 58.2 Å². The van der Waals surface area contributed by atoms with Gasteiger partial charge in [0.15, 0.2) is 0 Å². The van der Waals surface area contributed by atoms with Gasteiger partial charge in [0.25, 0.3) is 5.56 Å². The molecule has 2 aromatic carbocycles. The first-order chi connectivity index (χ1) is 11.7. The Labute approximate surface area is 139 Å². The van der Waals surface area contributed by atoms with E-state index in [1.165, 1.54) is 12.8 Å². The maximum atomic E-state index is 12.5. The molecule has 0 saturated carbocycles. The van der Waals surface area contributed by atoms with Crippen LogP contribution in [-0.2, 0) is 0 Å². The van der Waals surface area contributed by atoms with Gasteiger partial charge in [0.1, 0.15) is 11.6 Å². The molecule has 0 bridgehead atoms. The summed E-state index contributed by atoms with van der Waals surface area (Å²) in [6.45, 7) is 2.11. The lowest BCUT2D eigenvalue weighted by molar-refractivity contribution is 0.415. The maximum Gasteiger partial charge on any atom is 0.281 e. The van der Waals surface area contributed by atoms with Crippen LogP contribution in [0.1, 0.15) is 12.8 Å². The summed E-state index contributed by atoms with van der Waals surface area (Å²) in [5.74, 6) is 1.29. The minimum Gasteiger partial charge on any atom is -0.497 e. The molecule has 0 radical (unpaired) electrons. The van der Waals surface area contributed by atoms with Crippen molar-refractivity contribution >= 4 is 16.6 Å². The van der Waals surface area contributed by atoms with Gasteiger partial charge >= 0.3 is 0 Å². The smallest absolute Gasteiger partial charge is 0.281 e. The summed E-state index contributed by atoms with van der Waals surface area (Å²) in [4.78, 5) is 22.3. The Morgan fingerprint density at radius 3 is 2.75 bits per heavy atom. The van der Waals surface area contributed by atoms with Crippen molar-refractivity contribution < 1.29 is 4.74 Å². The number of benzene rings is 2. The number of aromatic nitrogens is 2. The monoisotopic (exact) mass is 321 g/mol. The zero-order valence-electron chi connectivity index (χ0n) is 13.6. The Hall–Kier alpha value is -2.82. The highest BCUT2D eigenvalue weighted by Crippen LogP contribution is 2.25. The van der Waals surface area contributed by atoms with E-state index < -0.39 is 0 Å². The van der Waals surface area contributed by atoms with Gasteiger partial charge in [-0.3, -0.25) is 4.79 Å². The van der Waals surface area contributed by atoms with E-state index in [0.29, 0.717) is 11.2 Å². The van der Waals surface area contributed by atoms with Crippen molar-refractivity contribution in [2.75, 3.05) is 25.1 Å². The molecule has 5 heteroatoms. The number of methoxy groups -OCH3 is 1. The molecule has 0 spiro atoms. The molecule has 0 atom stereocenters. The molecule has 4 rings (SSSR count). The standard InChI is InChI=1S/C19H19N3O2/c1-24-15-6-4-5-13(11-15)18-20-17-8-7-14(22-9-2-3-10-22)12-16(17)19(23)21-18/h4-8,11-12H,2-3,9-10H2,1H3,(H,20,21,23). The van der Waals surface area contributed by atoms with Gasteiger partial charge in [-0.05, 0) is 43.2 Å². The molecule has 1 fully saturated rings. The fraction of sp³-hybridized carbons (Fsp3) is 0.263. The zero-order chi connectivity index (χ0) is 16.5. The van der Waals surface area contributed by atoms with E-state index in [9.17, 15) is 4.79 Å². The molecule has 2 heterocycles. The van der Waals surface area contributed by atoms with Gasteiger partial charge in [-0.25, -0.2) is 0 Å². The first-order valence-electron chi connectivity index (χ1n) is 8.18. The Balaban J connectivity index is 1.79. The number of ether oxygens (including phenoxy) is 1. The molecule has 1 aromatic heterocycles. The minimum absolute atomic E-state index is 0.206. The summed E-state index contributed by atoms with van der Waals surface area (Å²) < 4.78 is 5.24. The third kappa shape index (κ3) is 2.62. The van der Waals surface area contributed by atoms with E-state index in [-0.39, 0.29) is 5.56 Å². The predicted octanol–water partition coefficient (Wildman–Crippen LogP) is 3.20. The van der Waals surface area contributed by atoms with E-state index in [0.717, 1.165) is 35.6 Å². The van der Waals surface area contributed by atoms with Crippen LogP contribution in [0.3, 0.4) is 0 Å². The number of rotatable bonds is 3. The number of nitrogens with zero attached hydrogens (tertiary/aromatic N) is 2. The van der Waals surface area contributed by atoms with Gasteiger partial charge in [-0.1, -0.05) is 12.1 Å². The van der Waals surface area contributed by atoms with Gasteiger partial charge in [-0.15, -0.1) is 0 Å². The van der Waals surface area contributed by atoms with Crippen LogP contribution in [0.2, 0.25) is 0 Å². The van der Waals surface area contributed by atoms with E-state index in [2.05, 4.69) is 20.9 Å². The Bertz CT molecular complexity index is 943. The summed E-state index contributed by atoms with van der Waals surface area (Å²) in [5, 5.41) is 0.631. The Morgan fingerprint density at radius 2 is 1.96 bits per heavy atom. The van der Waals surface area contributed by atoms with Crippen molar-refractivity contribution in [3.05, 3.63) is 52.8 Å². The molecule has 0 amide bonds. The van der Waals surface area contributed by atoms with Crippen LogP contribution >= 0.6 is 0 Å². The van der Waals surface area contributed by atoms with Crippen LogP contribution in [0, 0.1) is 0 Å². The highest BCUT2D eigenvalue weighted by atomic mass is 16.5. The third-order valence-electron chi connectivity index (χ3n) is 4.51. The molecule has 24 heavy (non-hydrogen) atoms. The largest absolute Gasteiger partial charge is 0.497 e. The fourth-order valence-corrected chi connectivity index (χ4v) is 3.21. The lowest BCUT2D eigenvalue weighted by Crippen LogP contribution is -2.18. The lowest BCUT2D eigenvalue weighted by atomic mass is 10.1. The first kappa shape index (κ1) is 14.8. The summed E-state index contributed by atoms with van der Waals surface area (Å²) in [6, 6.07) is 13.5. The van der Waals surface area contributed by atoms with Crippen LogP contribution < -0.4 is 15.2 Å². The van der Waals surface area contributed by atoms with Gasteiger partial charge in [-0.2, -0.15) is 4.98 Å². The first-order valence-corrected chi connectivity index (χ1v) is 8.18. The number of aromatic amines is 1. The second-order valence-corrected chi connectivity index (χ2v) is 6.05. The molecule has 5 nitrogen and oxygen atoms in total. The van der Waals surface area contributed by atoms with E-state index in [1.807, 2.05) is 36.4 Å². The average Bonchev–Trinajstić information content (AvgIpc) is 3.16. The van der Waals surface area contributed by atoms with Crippen LogP contribution in [0.5, 0.6) is 5.75 Å². The van der Waals surface area contributed by atoms with Crippen molar-refractivity contribution in [3.8, 4) is 17.1 Å². The maximum absolute atomic E-state index is 12.5. The molecule has 3 aromatic rings. The Morgan fingerprint density at radius 1 is 1.12 bits per heavy atom. The SMILES string of the molecule is COc1cccc(-c2nc(=O)c3cc(N4CCCC4)ccc3[nH]2)c1. The molecule has 1 aliphatic heterocycles. The lowest BCUT2D eigenvalue weighted by Gasteiger charge is -2.17. The van der Waals surface area contributed by atoms with Crippen molar-refractivity contribution in [2.24, 2.45) is 0 Å². The van der Waals surface area contributed by atoms with Crippen LogP contribution in [-0.4, -0.2) is 30.2 Å². The second kappa shape index (κ2) is 6.00. The van der Waals surface area contributed by atoms with Gasteiger partial charge in [0.2, 0.25) is 0 Å². The number of hydrogen-bond donors (Lipinski definition) is 1. The van der Waals surface area contributed by atoms with Crippen LogP contribution in [0.25, 0.3) is 22.3 Å². The normalized spacial score (nSPS) is 14.3.